The van der Waals surface area contributed by atoms with Gasteiger partial charge in [-0.15, -0.1) is 11.3 Å². The molecule has 1 aromatic heterocycles. The normalized spacial score (nSPS) is 10.3. The number of thiazole rings is 1. The van der Waals surface area contributed by atoms with Crippen molar-refractivity contribution in [2.24, 2.45) is 0 Å². The van der Waals surface area contributed by atoms with E-state index in [4.69, 9.17) is 14.2 Å². The number of nitrogens with zero attached hydrogens (tertiary/aromatic N) is 1. The summed E-state index contributed by atoms with van der Waals surface area (Å²) in [5, 5.41) is 2.24. The number of carbonyl (C=O) groups is 2. The molecule has 3 aromatic carbocycles. The fourth-order valence-electron chi connectivity index (χ4n) is 3.30. The van der Waals surface area contributed by atoms with Gasteiger partial charge < -0.3 is 14.2 Å². The highest BCUT2D eigenvalue weighted by molar-refractivity contribution is 7.13. The highest BCUT2D eigenvalue weighted by Gasteiger charge is 2.15. The fraction of sp³-hybridized carbons (Fsp3) is 0.115. The number of hydrogen-bond acceptors (Lipinski definition) is 7. The van der Waals surface area contributed by atoms with Gasteiger partial charge in [-0.2, -0.15) is 0 Å². The Hall–Kier alpha value is -4.37. The Bertz CT molecular complexity index is 1320. The number of benzene rings is 3. The first-order valence-corrected chi connectivity index (χ1v) is 11.5. The van der Waals surface area contributed by atoms with Gasteiger partial charge in [-0.1, -0.05) is 48.5 Å². The first kappa shape index (κ1) is 23.8. The summed E-state index contributed by atoms with van der Waals surface area (Å²) in [5.41, 5.74) is 7.53. The SMILES string of the molecule is COc1ccc(-c2nc(C(=O)NNC(=O)COc3ccccc3-c3ccccc3)cs2)cc1OC. The Kier molecular flexibility index (Phi) is 7.59. The number of nitrogens with one attached hydrogen (secondary N) is 2. The Morgan fingerprint density at radius 2 is 1.57 bits per heavy atom. The molecule has 0 fully saturated rings. The van der Waals surface area contributed by atoms with Crippen molar-refractivity contribution >= 4 is 23.2 Å². The van der Waals surface area contributed by atoms with E-state index in [2.05, 4.69) is 15.8 Å². The number of ether oxygens (including phenoxy) is 3. The van der Waals surface area contributed by atoms with Crippen molar-refractivity contribution in [3.8, 4) is 38.9 Å². The van der Waals surface area contributed by atoms with Gasteiger partial charge in [0.15, 0.2) is 18.1 Å². The maximum Gasteiger partial charge on any atom is 0.289 e. The second-order valence-electron chi connectivity index (χ2n) is 7.26. The lowest BCUT2D eigenvalue weighted by molar-refractivity contribution is -0.123. The molecular weight excluding hydrogens is 466 g/mol. The molecule has 9 heteroatoms. The van der Waals surface area contributed by atoms with Crippen LogP contribution in [0.1, 0.15) is 10.5 Å². The van der Waals surface area contributed by atoms with Crippen LogP contribution in [0, 0.1) is 0 Å². The Labute approximate surface area is 206 Å². The van der Waals surface area contributed by atoms with Gasteiger partial charge >= 0.3 is 0 Å². The average molecular weight is 490 g/mol. The minimum absolute atomic E-state index is 0.176. The zero-order chi connectivity index (χ0) is 24.6. The third-order valence-electron chi connectivity index (χ3n) is 5.01. The van der Waals surface area contributed by atoms with E-state index in [9.17, 15) is 9.59 Å². The molecule has 0 spiro atoms. The molecule has 4 aromatic rings. The lowest BCUT2D eigenvalue weighted by Crippen LogP contribution is -2.44. The fourth-order valence-corrected chi connectivity index (χ4v) is 4.10. The van der Waals surface area contributed by atoms with Crippen LogP contribution >= 0.6 is 11.3 Å². The molecular formula is C26H23N3O5S. The number of amides is 2. The molecule has 8 nitrogen and oxygen atoms in total. The molecule has 35 heavy (non-hydrogen) atoms. The van der Waals surface area contributed by atoms with Gasteiger partial charge in [0.05, 0.1) is 14.2 Å². The van der Waals surface area contributed by atoms with Crippen molar-refractivity contribution in [3.05, 3.63) is 83.9 Å². The van der Waals surface area contributed by atoms with Gasteiger partial charge in [-0.05, 0) is 29.8 Å². The third kappa shape index (κ3) is 5.77. The molecule has 0 unspecified atom stereocenters. The lowest BCUT2D eigenvalue weighted by Gasteiger charge is -2.12. The zero-order valence-electron chi connectivity index (χ0n) is 19.1. The lowest BCUT2D eigenvalue weighted by atomic mass is 10.1. The highest BCUT2D eigenvalue weighted by atomic mass is 32.1. The topological polar surface area (TPSA) is 98.8 Å². The molecule has 0 aliphatic heterocycles. The van der Waals surface area contributed by atoms with Crippen LogP contribution < -0.4 is 25.1 Å². The number of aromatic nitrogens is 1. The van der Waals surface area contributed by atoms with E-state index in [1.54, 1.807) is 37.8 Å². The van der Waals surface area contributed by atoms with Crippen LogP contribution in [0.5, 0.6) is 17.2 Å². The van der Waals surface area contributed by atoms with E-state index in [-0.39, 0.29) is 12.3 Å². The van der Waals surface area contributed by atoms with Crippen molar-refractivity contribution in [1.29, 1.82) is 0 Å². The van der Waals surface area contributed by atoms with Gasteiger partial charge in [0.25, 0.3) is 11.8 Å². The van der Waals surface area contributed by atoms with Crippen LogP contribution in [0.15, 0.2) is 78.2 Å². The van der Waals surface area contributed by atoms with Crippen molar-refractivity contribution in [1.82, 2.24) is 15.8 Å². The number of rotatable bonds is 8. The van der Waals surface area contributed by atoms with Crippen molar-refractivity contribution < 1.29 is 23.8 Å². The predicted octanol–water partition coefficient (Wildman–Crippen LogP) is 4.33. The quantitative estimate of drug-likeness (QED) is 0.358. The second kappa shape index (κ2) is 11.2. The van der Waals surface area contributed by atoms with E-state index < -0.39 is 11.8 Å². The van der Waals surface area contributed by atoms with Crippen LogP contribution in [0.3, 0.4) is 0 Å². The number of para-hydroxylation sites is 1. The van der Waals surface area contributed by atoms with Crippen molar-refractivity contribution in [2.45, 2.75) is 0 Å². The van der Waals surface area contributed by atoms with Gasteiger partial charge in [-0.25, -0.2) is 4.98 Å². The molecule has 0 radical (unpaired) electrons. The molecule has 0 saturated carbocycles. The number of methoxy groups -OCH3 is 2. The minimum atomic E-state index is -0.536. The molecule has 1 heterocycles. The van der Waals surface area contributed by atoms with Gasteiger partial charge in [-0.3, -0.25) is 20.4 Å². The smallest absolute Gasteiger partial charge is 0.289 e. The standard InChI is InChI=1S/C26H23N3O5S/c1-32-22-13-12-18(14-23(22)33-2)26-27-20(16-35-26)25(31)29-28-24(30)15-34-21-11-7-6-10-19(21)17-8-4-3-5-9-17/h3-14,16H,15H2,1-2H3,(H,28,30)(H,29,31). The first-order chi connectivity index (χ1) is 17.1. The van der Waals surface area contributed by atoms with E-state index in [0.717, 1.165) is 16.7 Å². The van der Waals surface area contributed by atoms with Crippen molar-refractivity contribution in [2.75, 3.05) is 20.8 Å². The molecule has 2 amide bonds. The monoisotopic (exact) mass is 489 g/mol. The number of hydrazine groups is 1. The van der Waals surface area contributed by atoms with Crippen LogP contribution in [0.2, 0.25) is 0 Å². The third-order valence-corrected chi connectivity index (χ3v) is 5.90. The average Bonchev–Trinajstić information content (AvgIpc) is 3.41. The molecule has 178 valence electrons. The molecule has 0 aliphatic rings. The first-order valence-electron chi connectivity index (χ1n) is 10.6. The molecule has 0 saturated heterocycles. The maximum absolute atomic E-state index is 12.5. The summed E-state index contributed by atoms with van der Waals surface area (Å²) in [6.45, 7) is -0.266. The van der Waals surface area contributed by atoms with E-state index >= 15 is 0 Å². The largest absolute Gasteiger partial charge is 0.493 e. The molecule has 4 rings (SSSR count). The Balaban J connectivity index is 1.33. The maximum atomic E-state index is 12.5. The van der Waals surface area contributed by atoms with Crippen LogP contribution in [0.25, 0.3) is 21.7 Å². The second-order valence-corrected chi connectivity index (χ2v) is 8.12. The number of carbonyl (C=O) groups excluding carboxylic acids is 2. The molecule has 0 bridgehead atoms. The van der Waals surface area contributed by atoms with E-state index in [0.29, 0.717) is 22.3 Å². The van der Waals surface area contributed by atoms with Gasteiger partial charge in [0.2, 0.25) is 0 Å². The summed E-state index contributed by atoms with van der Waals surface area (Å²) in [6, 6.07) is 22.6. The zero-order valence-corrected chi connectivity index (χ0v) is 19.9. The van der Waals surface area contributed by atoms with Gasteiger partial charge in [0.1, 0.15) is 16.5 Å². The Morgan fingerprint density at radius 3 is 2.34 bits per heavy atom. The predicted molar refractivity (Wildman–Crippen MR) is 134 cm³/mol. The summed E-state index contributed by atoms with van der Waals surface area (Å²) in [5.74, 6) is 0.691. The molecule has 2 N–H and O–H groups in total. The van der Waals surface area contributed by atoms with E-state index in [1.165, 1.54) is 11.3 Å². The summed E-state index contributed by atoms with van der Waals surface area (Å²) in [6.07, 6.45) is 0. The minimum Gasteiger partial charge on any atom is -0.493 e. The van der Waals surface area contributed by atoms with Gasteiger partial charge in [0, 0.05) is 16.5 Å². The summed E-state index contributed by atoms with van der Waals surface area (Å²) in [7, 11) is 3.11. The van der Waals surface area contributed by atoms with Crippen molar-refractivity contribution in [3.63, 3.8) is 0 Å². The number of hydrogen-bond donors (Lipinski definition) is 2. The molecule has 0 atom stereocenters. The summed E-state index contributed by atoms with van der Waals surface area (Å²) in [4.78, 5) is 29.1. The summed E-state index contributed by atoms with van der Waals surface area (Å²) >= 11 is 1.30. The Morgan fingerprint density at radius 1 is 0.829 bits per heavy atom. The van der Waals surface area contributed by atoms with Crippen LogP contribution in [-0.4, -0.2) is 37.6 Å². The van der Waals surface area contributed by atoms with Crippen LogP contribution in [0.4, 0.5) is 0 Å². The molecule has 0 aliphatic carbocycles. The highest BCUT2D eigenvalue weighted by Crippen LogP contribution is 2.33. The van der Waals surface area contributed by atoms with Crippen LogP contribution in [-0.2, 0) is 4.79 Å². The van der Waals surface area contributed by atoms with E-state index in [1.807, 2.05) is 54.6 Å². The summed E-state index contributed by atoms with van der Waals surface area (Å²) < 4.78 is 16.3.